The Morgan fingerprint density at radius 1 is 1.30 bits per heavy atom. The lowest BCUT2D eigenvalue weighted by Crippen LogP contribution is -2.43. The van der Waals surface area contributed by atoms with Crippen molar-refractivity contribution >= 4 is 5.91 Å². The zero-order valence-corrected chi connectivity index (χ0v) is 12.5. The Labute approximate surface area is 121 Å². The molecule has 0 heterocycles. The van der Waals surface area contributed by atoms with E-state index in [2.05, 4.69) is 0 Å². The Kier molecular flexibility index (Phi) is 4.81. The van der Waals surface area contributed by atoms with Gasteiger partial charge in [-0.15, -0.1) is 0 Å². The molecule has 0 spiro atoms. The van der Waals surface area contributed by atoms with Gasteiger partial charge in [0.25, 0.3) is 0 Å². The summed E-state index contributed by atoms with van der Waals surface area (Å²) in [5, 5.41) is 10.4. The molecule has 2 rings (SSSR count). The van der Waals surface area contributed by atoms with Gasteiger partial charge in [-0.1, -0.05) is 50.1 Å². The maximum Gasteiger partial charge on any atom is 0.229 e. The maximum atomic E-state index is 12.6. The van der Waals surface area contributed by atoms with Gasteiger partial charge in [-0.05, 0) is 24.8 Å². The van der Waals surface area contributed by atoms with E-state index < -0.39 is 5.60 Å². The molecule has 3 nitrogen and oxygen atoms in total. The summed E-state index contributed by atoms with van der Waals surface area (Å²) in [5.74, 6) is 0.00484. The van der Waals surface area contributed by atoms with E-state index in [1.807, 2.05) is 44.3 Å². The van der Waals surface area contributed by atoms with Gasteiger partial charge in [0.15, 0.2) is 0 Å². The highest BCUT2D eigenvalue weighted by atomic mass is 16.3. The average Bonchev–Trinajstić information content (AvgIpc) is 2.87. The van der Waals surface area contributed by atoms with E-state index in [9.17, 15) is 9.90 Å². The van der Waals surface area contributed by atoms with Crippen molar-refractivity contribution in [2.45, 2.75) is 50.5 Å². The molecule has 1 aromatic carbocycles. The van der Waals surface area contributed by atoms with Gasteiger partial charge in [-0.2, -0.15) is 0 Å². The minimum absolute atomic E-state index is 0.105. The fraction of sp³-hybridized carbons (Fsp3) is 0.588. The lowest BCUT2D eigenvalue weighted by atomic mass is 9.94. The Morgan fingerprint density at radius 3 is 2.45 bits per heavy atom. The van der Waals surface area contributed by atoms with Crippen LogP contribution in [0.4, 0.5) is 0 Å². The third-order valence-corrected chi connectivity index (χ3v) is 4.35. The van der Waals surface area contributed by atoms with Crippen LogP contribution in [0.25, 0.3) is 0 Å². The molecule has 0 bridgehead atoms. The van der Waals surface area contributed by atoms with Crippen molar-refractivity contribution in [3.63, 3.8) is 0 Å². The molecule has 0 aliphatic heterocycles. The first kappa shape index (κ1) is 15.0. The second kappa shape index (κ2) is 6.40. The predicted octanol–water partition coefficient (Wildman–Crippen LogP) is 2.94. The smallest absolute Gasteiger partial charge is 0.229 e. The van der Waals surface area contributed by atoms with Gasteiger partial charge in [-0.3, -0.25) is 4.79 Å². The van der Waals surface area contributed by atoms with Crippen LogP contribution >= 0.6 is 0 Å². The highest BCUT2D eigenvalue weighted by Gasteiger charge is 2.34. The second-order valence-corrected chi connectivity index (χ2v) is 6.00. The number of hydrogen-bond donors (Lipinski definition) is 1. The quantitative estimate of drug-likeness (QED) is 0.897. The van der Waals surface area contributed by atoms with E-state index in [-0.39, 0.29) is 11.8 Å². The van der Waals surface area contributed by atoms with Gasteiger partial charge < -0.3 is 10.0 Å². The molecule has 1 N–H and O–H groups in total. The molecule has 1 fully saturated rings. The van der Waals surface area contributed by atoms with E-state index in [1.54, 1.807) is 4.90 Å². The third-order valence-electron chi connectivity index (χ3n) is 4.35. The monoisotopic (exact) mass is 275 g/mol. The molecule has 1 aromatic rings. The number of aliphatic hydroxyl groups is 1. The molecule has 3 heteroatoms. The highest BCUT2D eigenvalue weighted by Crippen LogP contribution is 2.31. The molecule has 0 aromatic heterocycles. The van der Waals surface area contributed by atoms with Crippen LogP contribution in [0.15, 0.2) is 30.3 Å². The Bertz CT molecular complexity index is 438. The first-order chi connectivity index (χ1) is 9.56. The summed E-state index contributed by atoms with van der Waals surface area (Å²) in [6.45, 7) is 2.49. The van der Waals surface area contributed by atoms with E-state index in [4.69, 9.17) is 0 Å². The van der Waals surface area contributed by atoms with Gasteiger partial charge in [0.2, 0.25) is 5.91 Å². The van der Waals surface area contributed by atoms with Crippen molar-refractivity contribution in [3.05, 3.63) is 35.9 Å². The van der Waals surface area contributed by atoms with Crippen LogP contribution in [-0.4, -0.2) is 35.1 Å². The lowest BCUT2D eigenvalue weighted by Gasteiger charge is -2.31. The van der Waals surface area contributed by atoms with E-state index in [0.29, 0.717) is 6.54 Å². The van der Waals surface area contributed by atoms with Crippen LogP contribution in [0.5, 0.6) is 0 Å². The predicted molar refractivity (Wildman–Crippen MR) is 80.5 cm³/mol. The summed E-state index contributed by atoms with van der Waals surface area (Å²) < 4.78 is 0. The number of likely N-dealkylation sites (N-methyl/N-ethyl adjacent to an activating group) is 1. The van der Waals surface area contributed by atoms with E-state index in [1.165, 1.54) is 0 Å². The molecule has 1 amide bonds. The topological polar surface area (TPSA) is 40.5 Å². The summed E-state index contributed by atoms with van der Waals surface area (Å²) >= 11 is 0. The minimum atomic E-state index is -0.667. The molecule has 1 aliphatic rings. The van der Waals surface area contributed by atoms with Crippen molar-refractivity contribution < 1.29 is 9.90 Å². The first-order valence-corrected chi connectivity index (χ1v) is 7.58. The number of amides is 1. The second-order valence-electron chi connectivity index (χ2n) is 6.00. The van der Waals surface area contributed by atoms with Crippen LogP contribution < -0.4 is 0 Å². The zero-order chi connectivity index (χ0) is 14.6. The normalized spacial score (nSPS) is 18.8. The summed E-state index contributed by atoms with van der Waals surface area (Å²) in [6.07, 6.45) is 4.54. The Balaban J connectivity index is 2.04. The zero-order valence-electron chi connectivity index (χ0n) is 12.5. The van der Waals surface area contributed by atoms with Crippen molar-refractivity contribution in [3.8, 4) is 0 Å². The number of hydrogen-bond acceptors (Lipinski definition) is 2. The number of benzene rings is 1. The van der Waals surface area contributed by atoms with E-state index in [0.717, 1.165) is 37.7 Å². The standard InChI is InChI=1S/C17H25NO2/c1-3-15(14-9-5-4-6-10-14)16(19)18(2)13-17(20)11-7-8-12-17/h4-6,9-10,15,20H,3,7-8,11-13H2,1-2H3. The lowest BCUT2D eigenvalue weighted by molar-refractivity contribution is -0.134. The van der Waals surface area contributed by atoms with Gasteiger partial charge in [0.05, 0.1) is 11.5 Å². The molecule has 110 valence electrons. The Morgan fingerprint density at radius 2 is 1.90 bits per heavy atom. The summed E-state index contributed by atoms with van der Waals surface area (Å²) in [5.41, 5.74) is 0.393. The molecule has 0 saturated heterocycles. The molecule has 20 heavy (non-hydrogen) atoms. The van der Waals surface area contributed by atoms with Crippen LogP contribution in [0.2, 0.25) is 0 Å². The fourth-order valence-electron chi connectivity index (χ4n) is 3.21. The number of carbonyl (C=O) groups is 1. The molecular weight excluding hydrogens is 250 g/mol. The van der Waals surface area contributed by atoms with Gasteiger partial charge in [0, 0.05) is 13.6 Å². The van der Waals surface area contributed by atoms with Crippen LogP contribution in [0.1, 0.15) is 50.5 Å². The first-order valence-electron chi connectivity index (χ1n) is 7.58. The van der Waals surface area contributed by atoms with Crippen LogP contribution in [0, 0.1) is 0 Å². The fourth-order valence-corrected chi connectivity index (χ4v) is 3.21. The van der Waals surface area contributed by atoms with Crippen LogP contribution in [-0.2, 0) is 4.79 Å². The molecule has 1 unspecified atom stereocenters. The van der Waals surface area contributed by atoms with Crippen molar-refractivity contribution in [2.24, 2.45) is 0 Å². The van der Waals surface area contributed by atoms with Crippen molar-refractivity contribution in [1.29, 1.82) is 0 Å². The third kappa shape index (κ3) is 3.40. The minimum Gasteiger partial charge on any atom is -0.388 e. The molecule has 1 saturated carbocycles. The highest BCUT2D eigenvalue weighted by molar-refractivity contribution is 5.83. The average molecular weight is 275 g/mol. The van der Waals surface area contributed by atoms with Gasteiger partial charge in [0.1, 0.15) is 0 Å². The van der Waals surface area contributed by atoms with Crippen LogP contribution in [0.3, 0.4) is 0 Å². The molecule has 0 radical (unpaired) electrons. The molecule has 1 atom stereocenters. The SMILES string of the molecule is CCC(C(=O)N(C)CC1(O)CCCC1)c1ccccc1. The van der Waals surface area contributed by atoms with E-state index >= 15 is 0 Å². The van der Waals surface area contributed by atoms with Crippen molar-refractivity contribution in [1.82, 2.24) is 4.90 Å². The summed E-state index contributed by atoms with van der Waals surface area (Å²) in [7, 11) is 1.81. The molecule has 1 aliphatic carbocycles. The van der Waals surface area contributed by atoms with Gasteiger partial charge >= 0.3 is 0 Å². The summed E-state index contributed by atoms with van der Waals surface area (Å²) in [6, 6.07) is 9.91. The summed E-state index contributed by atoms with van der Waals surface area (Å²) in [4.78, 5) is 14.3. The molecular formula is C17H25NO2. The largest absolute Gasteiger partial charge is 0.388 e. The Hall–Kier alpha value is -1.35. The number of nitrogens with zero attached hydrogens (tertiary/aromatic N) is 1. The maximum absolute atomic E-state index is 12.6. The number of rotatable bonds is 5. The van der Waals surface area contributed by atoms with Gasteiger partial charge in [-0.25, -0.2) is 0 Å². The van der Waals surface area contributed by atoms with Crippen molar-refractivity contribution in [2.75, 3.05) is 13.6 Å². The number of carbonyl (C=O) groups excluding carboxylic acids is 1.